The minimum absolute atomic E-state index is 0.110. The Labute approximate surface area is 189 Å². The molecule has 174 valence electrons. The number of nitrogens with two attached hydrogens (primary N) is 1. The van der Waals surface area contributed by atoms with Gasteiger partial charge in [-0.2, -0.15) is 18.4 Å². The smallest absolute Gasteiger partial charge is 0.389 e. The number of carbonyl (C=O) groups excluding carboxylic acids is 1. The highest BCUT2D eigenvalue weighted by Crippen LogP contribution is 2.41. The summed E-state index contributed by atoms with van der Waals surface area (Å²) in [5.74, 6) is -2.32. The summed E-state index contributed by atoms with van der Waals surface area (Å²) in [5, 5.41) is 10.9. The average Bonchev–Trinajstić information content (AvgIpc) is 2.73. The van der Waals surface area contributed by atoms with Crippen LogP contribution >= 0.6 is 11.6 Å². The molecule has 0 unspecified atom stereocenters. The van der Waals surface area contributed by atoms with E-state index in [0.29, 0.717) is 6.92 Å². The zero-order chi connectivity index (χ0) is 24.6. The molecule has 9 nitrogen and oxygen atoms in total. The topological polar surface area (TPSA) is 136 Å². The number of carbonyl (C=O) groups is 1. The second-order valence-electron chi connectivity index (χ2n) is 7.25. The Morgan fingerprint density at radius 1 is 1.39 bits per heavy atom. The van der Waals surface area contributed by atoms with Gasteiger partial charge in [-0.25, -0.2) is 19.2 Å². The number of aromatic nitrogens is 2. The maximum atomic E-state index is 14.5. The zero-order valence-corrected chi connectivity index (χ0v) is 17.8. The summed E-state index contributed by atoms with van der Waals surface area (Å²) in [6.07, 6.45) is -4.82. The molecule has 0 aromatic carbocycles. The van der Waals surface area contributed by atoms with Crippen molar-refractivity contribution in [2.24, 2.45) is 10.7 Å². The maximum absolute atomic E-state index is 14.5. The number of amides is 1. The number of amidine groups is 1. The van der Waals surface area contributed by atoms with Gasteiger partial charge in [0.2, 0.25) is 11.5 Å². The number of nitrogens with zero attached hydrogens (tertiary/aromatic N) is 4. The molecule has 1 aliphatic rings. The fourth-order valence-corrected chi connectivity index (χ4v) is 2.99. The Morgan fingerprint density at radius 3 is 2.67 bits per heavy atom. The van der Waals surface area contributed by atoms with Crippen LogP contribution in [0.2, 0.25) is 5.02 Å². The highest BCUT2D eigenvalue weighted by molar-refractivity contribution is 6.32. The molecule has 0 spiro atoms. The minimum Gasteiger partial charge on any atom is -0.389 e. The van der Waals surface area contributed by atoms with Gasteiger partial charge in [-0.3, -0.25) is 10.3 Å². The van der Waals surface area contributed by atoms with Crippen LogP contribution in [0, 0.1) is 17.1 Å². The first-order valence-electron chi connectivity index (χ1n) is 9.07. The minimum atomic E-state index is -4.85. The van der Waals surface area contributed by atoms with Gasteiger partial charge >= 0.3 is 12.3 Å². The second kappa shape index (κ2) is 8.45. The van der Waals surface area contributed by atoms with Crippen molar-refractivity contribution in [2.45, 2.75) is 31.2 Å². The van der Waals surface area contributed by atoms with Crippen LogP contribution in [0.25, 0.3) is 0 Å². The molecule has 2 atom stereocenters. The lowest BCUT2D eigenvalue weighted by Crippen LogP contribution is -2.60. The van der Waals surface area contributed by atoms with Crippen LogP contribution in [0.5, 0.6) is 5.88 Å². The number of pyridine rings is 2. The van der Waals surface area contributed by atoms with Gasteiger partial charge in [-0.05, 0) is 32.0 Å². The molecule has 0 saturated carbocycles. The largest absolute Gasteiger partial charge is 0.424 e. The number of rotatable bonds is 3. The molecule has 14 heteroatoms. The highest BCUT2D eigenvalue weighted by Gasteiger charge is 2.59. The van der Waals surface area contributed by atoms with Crippen molar-refractivity contribution in [1.82, 2.24) is 9.97 Å². The third-order valence-corrected chi connectivity index (χ3v) is 5.02. The van der Waals surface area contributed by atoms with Crippen molar-refractivity contribution in [3.8, 4) is 11.9 Å². The molecule has 0 aliphatic carbocycles. The molecule has 3 rings (SSSR count). The van der Waals surface area contributed by atoms with Crippen molar-refractivity contribution < 1.29 is 31.8 Å². The van der Waals surface area contributed by atoms with E-state index in [9.17, 15) is 22.4 Å². The number of halogens is 5. The van der Waals surface area contributed by atoms with Gasteiger partial charge in [0, 0.05) is 6.20 Å². The number of aliphatic imine (C=N–C) groups is 1. The van der Waals surface area contributed by atoms with Crippen molar-refractivity contribution >= 4 is 29.3 Å². The summed E-state index contributed by atoms with van der Waals surface area (Å²) >= 11 is 5.89. The average molecular weight is 487 g/mol. The van der Waals surface area contributed by atoms with E-state index in [4.69, 9.17) is 32.1 Å². The van der Waals surface area contributed by atoms with E-state index in [-0.39, 0.29) is 22.3 Å². The molecule has 3 heterocycles. The molecule has 0 fully saturated rings. The molecule has 3 N–H and O–H groups in total. The van der Waals surface area contributed by atoms with E-state index in [0.717, 1.165) is 18.3 Å². The summed E-state index contributed by atoms with van der Waals surface area (Å²) < 4.78 is 64.3. The van der Waals surface area contributed by atoms with Crippen LogP contribution in [-0.4, -0.2) is 40.3 Å². The summed E-state index contributed by atoms with van der Waals surface area (Å²) in [5.41, 5.74) is 0.706. The van der Waals surface area contributed by atoms with Crippen molar-refractivity contribution in [3.63, 3.8) is 0 Å². The van der Waals surface area contributed by atoms with E-state index >= 15 is 0 Å². The van der Waals surface area contributed by atoms with E-state index in [1.807, 2.05) is 6.07 Å². The predicted molar refractivity (Wildman–Crippen MR) is 107 cm³/mol. The molecule has 0 radical (unpaired) electrons. The van der Waals surface area contributed by atoms with Gasteiger partial charge in [-0.1, -0.05) is 11.6 Å². The molecule has 0 bridgehead atoms. The van der Waals surface area contributed by atoms with Crippen LogP contribution in [0.15, 0.2) is 29.4 Å². The Hall–Kier alpha value is -3.50. The molecule has 1 amide bonds. The van der Waals surface area contributed by atoms with Crippen LogP contribution in [0.4, 0.5) is 28.2 Å². The number of hydrogen-bond acceptors (Lipinski definition) is 8. The molecule has 2 aromatic rings. The molecular formula is C19H15ClF4N6O3. The first kappa shape index (κ1) is 24.1. The Kier molecular flexibility index (Phi) is 6.18. The van der Waals surface area contributed by atoms with Crippen LogP contribution in [-0.2, 0) is 10.3 Å². The number of hydrogen-bond donors (Lipinski definition) is 2. The normalized spacial score (nSPS) is 22.8. The Bertz CT molecular complexity index is 1190. The molecule has 1 aliphatic heterocycles. The zero-order valence-electron chi connectivity index (χ0n) is 17.0. The fourth-order valence-electron chi connectivity index (χ4n) is 2.78. The van der Waals surface area contributed by atoms with Crippen LogP contribution in [0.1, 0.15) is 25.1 Å². The third-order valence-electron chi connectivity index (χ3n) is 4.75. The van der Waals surface area contributed by atoms with Crippen molar-refractivity contribution in [2.75, 3.05) is 11.9 Å². The van der Waals surface area contributed by atoms with Crippen molar-refractivity contribution in [1.29, 1.82) is 5.26 Å². The summed E-state index contributed by atoms with van der Waals surface area (Å²) in [7, 11) is 0. The number of ether oxygens (including phenoxy) is 2. The molecule has 2 aromatic heterocycles. The number of alkyl halides is 3. The molecule has 33 heavy (non-hydrogen) atoms. The standard InChI is InChI=1S/C19H15ClF4N6O3/c1-17(8-32-18(2,15(26)30-17)19(22,23)24)13-11(21)3-4-12(28-13)29-16(31)33-14-10(20)5-9(6-25)7-27-14/h3-5,7H,8H2,1-2H3,(H2,26,30)(H,28,29,31)/t17-,18+/m0/s1. The lowest BCUT2D eigenvalue weighted by molar-refractivity contribution is -0.249. The van der Waals surface area contributed by atoms with Crippen LogP contribution < -0.4 is 15.8 Å². The van der Waals surface area contributed by atoms with Gasteiger partial charge < -0.3 is 15.2 Å². The van der Waals surface area contributed by atoms with E-state index < -0.39 is 47.4 Å². The number of anilines is 1. The first-order valence-corrected chi connectivity index (χ1v) is 9.45. The SMILES string of the molecule is C[C@@]1(c2nc(NC(=O)Oc3ncc(C#N)cc3Cl)ccc2F)CO[C@@](C)(C(F)(F)F)C(N)=N1. The fraction of sp³-hybridized carbons (Fsp3) is 0.316. The molecule has 0 saturated heterocycles. The maximum Gasteiger partial charge on any atom is 0.424 e. The van der Waals surface area contributed by atoms with Gasteiger partial charge in [0.15, 0.2) is 0 Å². The van der Waals surface area contributed by atoms with Gasteiger partial charge in [0.1, 0.15) is 39.8 Å². The summed E-state index contributed by atoms with van der Waals surface area (Å²) in [6, 6.07) is 5.06. The monoisotopic (exact) mass is 486 g/mol. The lowest BCUT2D eigenvalue weighted by Gasteiger charge is -2.40. The Morgan fingerprint density at radius 2 is 2.09 bits per heavy atom. The summed E-state index contributed by atoms with van der Waals surface area (Å²) in [4.78, 5) is 23.7. The first-order chi connectivity index (χ1) is 15.3. The third kappa shape index (κ3) is 4.67. The second-order valence-corrected chi connectivity index (χ2v) is 7.66. The van der Waals surface area contributed by atoms with E-state index in [1.54, 1.807) is 0 Å². The van der Waals surface area contributed by atoms with Gasteiger partial charge in [-0.15, -0.1) is 0 Å². The lowest BCUT2D eigenvalue weighted by atomic mass is 9.93. The van der Waals surface area contributed by atoms with E-state index in [2.05, 4.69) is 20.3 Å². The van der Waals surface area contributed by atoms with Crippen LogP contribution in [0.3, 0.4) is 0 Å². The Balaban J connectivity index is 1.84. The summed E-state index contributed by atoms with van der Waals surface area (Å²) in [6.45, 7) is 1.31. The van der Waals surface area contributed by atoms with E-state index in [1.165, 1.54) is 13.0 Å². The quantitative estimate of drug-likeness (QED) is 0.632. The predicted octanol–water partition coefficient (Wildman–Crippen LogP) is 3.68. The number of nitriles is 1. The van der Waals surface area contributed by atoms with Gasteiger partial charge in [0.05, 0.1) is 12.2 Å². The number of nitrogens with one attached hydrogen (secondary N) is 1. The molecular weight excluding hydrogens is 472 g/mol. The van der Waals surface area contributed by atoms with Gasteiger partial charge in [0.25, 0.3) is 0 Å². The van der Waals surface area contributed by atoms with Crippen molar-refractivity contribution in [3.05, 3.63) is 46.5 Å². The highest BCUT2D eigenvalue weighted by atomic mass is 35.5.